The number of carbonyl (C=O) groups is 3. The van der Waals surface area contributed by atoms with Crippen LogP contribution in [-0.4, -0.2) is 83.5 Å². The second kappa shape index (κ2) is 6.93. The maximum Gasteiger partial charge on any atom is 0.323 e. The van der Waals surface area contributed by atoms with Crippen LogP contribution in [0.1, 0.15) is 6.92 Å². The number of piperazine rings is 1. The first-order valence-corrected chi connectivity index (χ1v) is 6.20. The van der Waals surface area contributed by atoms with Gasteiger partial charge < -0.3 is 25.5 Å². The summed E-state index contributed by atoms with van der Waals surface area (Å²) in [5, 5.41) is 8.75. The number of hydrogen-bond acceptors (Lipinski definition) is 4. The Morgan fingerprint density at radius 1 is 1.16 bits per heavy atom. The lowest BCUT2D eigenvalue weighted by Gasteiger charge is -2.36. The van der Waals surface area contributed by atoms with Crippen molar-refractivity contribution in [1.82, 2.24) is 14.7 Å². The fraction of sp³-hybridized carbons (Fsp3) is 0.727. The summed E-state index contributed by atoms with van der Waals surface area (Å²) < 4.78 is 0. The molecule has 3 amide bonds. The van der Waals surface area contributed by atoms with Crippen LogP contribution in [0.5, 0.6) is 0 Å². The number of likely N-dealkylation sites (N-methyl/N-ethyl adjacent to an activating group) is 1. The number of carbonyl (C=O) groups excluding carboxylic acids is 2. The summed E-state index contributed by atoms with van der Waals surface area (Å²) in [6, 6.07) is -0.447. The maximum atomic E-state index is 12.1. The molecular formula is C11H20N4O4. The second-order valence-electron chi connectivity index (χ2n) is 4.42. The van der Waals surface area contributed by atoms with E-state index in [0.29, 0.717) is 13.1 Å². The molecule has 19 heavy (non-hydrogen) atoms. The van der Waals surface area contributed by atoms with Crippen molar-refractivity contribution >= 4 is 17.9 Å². The molecule has 8 heteroatoms. The van der Waals surface area contributed by atoms with Crippen molar-refractivity contribution in [2.45, 2.75) is 6.92 Å². The Hall–Kier alpha value is -1.83. The largest absolute Gasteiger partial charge is 0.480 e. The van der Waals surface area contributed by atoms with Gasteiger partial charge in [0.1, 0.15) is 13.1 Å². The summed E-state index contributed by atoms with van der Waals surface area (Å²) in [5.74, 6) is -1.89. The molecule has 0 aliphatic carbocycles. The van der Waals surface area contributed by atoms with E-state index in [1.165, 1.54) is 0 Å². The molecule has 3 N–H and O–H groups in total. The molecule has 108 valence electrons. The molecule has 0 bridgehead atoms. The minimum Gasteiger partial charge on any atom is -0.480 e. The van der Waals surface area contributed by atoms with Crippen molar-refractivity contribution in [2.75, 3.05) is 45.8 Å². The van der Waals surface area contributed by atoms with Crippen LogP contribution in [0, 0.1) is 0 Å². The lowest BCUT2D eigenvalue weighted by Crippen LogP contribution is -2.54. The monoisotopic (exact) mass is 272 g/mol. The molecule has 0 aromatic rings. The van der Waals surface area contributed by atoms with E-state index in [1.54, 1.807) is 4.90 Å². The van der Waals surface area contributed by atoms with E-state index in [1.807, 2.05) is 6.92 Å². The SMILES string of the molecule is CCN1CCN(C(=O)N(CC(N)=O)CC(=O)O)CC1. The quantitative estimate of drug-likeness (QED) is 0.641. The van der Waals surface area contributed by atoms with Crippen molar-refractivity contribution in [3.63, 3.8) is 0 Å². The molecule has 0 unspecified atom stereocenters. The normalized spacial score (nSPS) is 16.2. The van der Waals surface area contributed by atoms with Gasteiger partial charge in [0.25, 0.3) is 0 Å². The van der Waals surface area contributed by atoms with Gasteiger partial charge in [0.15, 0.2) is 0 Å². The number of carboxylic acids is 1. The zero-order valence-corrected chi connectivity index (χ0v) is 11.0. The number of amides is 3. The Morgan fingerprint density at radius 3 is 2.16 bits per heavy atom. The van der Waals surface area contributed by atoms with Gasteiger partial charge in [0, 0.05) is 26.2 Å². The van der Waals surface area contributed by atoms with E-state index in [4.69, 9.17) is 10.8 Å². The minimum absolute atomic E-state index is 0.376. The third-order valence-electron chi connectivity index (χ3n) is 3.03. The van der Waals surface area contributed by atoms with Crippen molar-refractivity contribution in [1.29, 1.82) is 0 Å². The third kappa shape index (κ3) is 4.74. The van der Waals surface area contributed by atoms with E-state index in [9.17, 15) is 14.4 Å². The summed E-state index contributed by atoms with van der Waals surface area (Å²) >= 11 is 0. The molecule has 0 atom stereocenters. The Balaban J connectivity index is 2.60. The molecule has 8 nitrogen and oxygen atoms in total. The fourth-order valence-electron chi connectivity index (χ4n) is 2.00. The number of rotatable bonds is 5. The van der Waals surface area contributed by atoms with Crippen LogP contribution in [0.25, 0.3) is 0 Å². The van der Waals surface area contributed by atoms with Crippen molar-refractivity contribution in [3.8, 4) is 0 Å². The van der Waals surface area contributed by atoms with Gasteiger partial charge in [-0.1, -0.05) is 6.92 Å². The van der Waals surface area contributed by atoms with Gasteiger partial charge >= 0.3 is 12.0 Å². The third-order valence-corrected chi connectivity index (χ3v) is 3.03. The fourth-order valence-corrected chi connectivity index (χ4v) is 2.00. The molecule has 1 fully saturated rings. The highest BCUT2D eigenvalue weighted by Crippen LogP contribution is 2.05. The number of nitrogens with two attached hydrogens (primary N) is 1. The summed E-state index contributed by atoms with van der Waals surface area (Å²) in [4.78, 5) is 38.4. The number of aliphatic carboxylic acids is 1. The van der Waals surface area contributed by atoms with Crippen LogP contribution in [0.3, 0.4) is 0 Å². The summed E-state index contributed by atoms with van der Waals surface area (Å²) in [7, 11) is 0. The molecule has 0 aromatic heterocycles. The zero-order valence-electron chi connectivity index (χ0n) is 11.0. The van der Waals surface area contributed by atoms with E-state index >= 15 is 0 Å². The van der Waals surface area contributed by atoms with E-state index in [-0.39, 0.29) is 6.54 Å². The lowest BCUT2D eigenvalue weighted by molar-refractivity contribution is -0.138. The predicted molar refractivity (Wildman–Crippen MR) is 67.5 cm³/mol. The smallest absolute Gasteiger partial charge is 0.323 e. The first-order valence-electron chi connectivity index (χ1n) is 6.20. The second-order valence-corrected chi connectivity index (χ2v) is 4.42. The first-order chi connectivity index (χ1) is 8.93. The maximum absolute atomic E-state index is 12.1. The Labute approximate surface area is 111 Å². The average molecular weight is 272 g/mol. The van der Waals surface area contributed by atoms with E-state index in [0.717, 1.165) is 24.5 Å². The zero-order chi connectivity index (χ0) is 14.4. The van der Waals surface area contributed by atoms with Gasteiger partial charge in [-0.05, 0) is 6.54 Å². The first kappa shape index (κ1) is 15.2. The molecule has 0 radical (unpaired) electrons. The van der Waals surface area contributed by atoms with Crippen LogP contribution >= 0.6 is 0 Å². The minimum atomic E-state index is -1.17. The molecule has 0 saturated carbocycles. The lowest BCUT2D eigenvalue weighted by atomic mass is 10.3. The van der Waals surface area contributed by atoms with Crippen molar-refractivity contribution < 1.29 is 19.5 Å². The molecule has 0 spiro atoms. The summed E-state index contributed by atoms with van der Waals surface area (Å²) in [5.41, 5.74) is 5.03. The number of carboxylic acid groups (broad SMARTS) is 1. The topological polar surface area (TPSA) is 107 Å². The predicted octanol–water partition coefficient (Wildman–Crippen LogP) is -1.38. The van der Waals surface area contributed by atoms with Gasteiger partial charge in [0.2, 0.25) is 5.91 Å². The van der Waals surface area contributed by atoms with Gasteiger partial charge in [-0.25, -0.2) is 4.79 Å². The molecule has 1 aliphatic heterocycles. The highest BCUT2D eigenvalue weighted by molar-refractivity contribution is 5.86. The van der Waals surface area contributed by atoms with Crippen molar-refractivity contribution in [3.05, 3.63) is 0 Å². The summed E-state index contributed by atoms with van der Waals surface area (Å²) in [6.45, 7) is 4.63. The van der Waals surface area contributed by atoms with Crippen LogP contribution < -0.4 is 5.73 Å². The molecule has 1 heterocycles. The van der Waals surface area contributed by atoms with Crippen LogP contribution in [0.2, 0.25) is 0 Å². The molecular weight excluding hydrogens is 252 g/mol. The molecule has 1 rings (SSSR count). The molecule has 1 aliphatic rings. The van der Waals surface area contributed by atoms with E-state index in [2.05, 4.69) is 4.90 Å². The van der Waals surface area contributed by atoms with Crippen molar-refractivity contribution in [2.24, 2.45) is 5.73 Å². The molecule has 0 aromatic carbocycles. The van der Waals surface area contributed by atoms with E-state index < -0.39 is 24.5 Å². The Bertz CT molecular complexity index is 337. The van der Waals surface area contributed by atoms with Crippen LogP contribution in [-0.2, 0) is 9.59 Å². The molecule has 1 saturated heterocycles. The number of urea groups is 1. The highest BCUT2D eigenvalue weighted by atomic mass is 16.4. The Kier molecular flexibility index (Phi) is 5.56. The number of hydrogen-bond donors (Lipinski definition) is 2. The van der Waals surface area contributed by atoms with Crippen LogP contribution in [0.15, 0.2) is 0 Å². The number of nitrogens with zero attached hydrogens (tertiary/aromatic N) is 3. The van der Waals surface area contributed by atoms with Gasteiger partial charge in [-0.15, -0.1) is 0 Å². The summed E-state index contributed by atoms with van der Waals surface area (Å²) in [6.07, 6.45) is 0. The number of primary amides is 1. The highest BCUT2D eigenvalue weighted by Gasteiger charge is 2.26. The standard InChI is InChI=1S/C11H20N4O4/c1-2-13-3-5-14(6-4-13)11(19)15(7-9(12)16)8-10(17)18/h2-8H2,1H3,(H2,12,16)(H,17,18). The van der Waals surface area contributed by atoms with Gasteiger partial charge in [0.05, 0.1) is 0 Å². The van der Waals surface area contributed by atoms with Gasteiger partial charge in [-0.2, -0.15) is 0 Å². The average Bonchev–Trinajstić information content (AvgIpc) is 2.36. The van der Waals surface area contributed by atoms with Gasteiger partial charge in [-0.3, -0.25) is 9.59 Å². The van der Waals surface area contributed by atoms with Crippen LogP contribution in [0.4, 0.5) is 4.79 Å². The Morgan fingerprint density at radius 2 is 1.74 bits per heavy atom.